The highest BCUT2D eigenvalue weighted by atomic mass is 19.1. The average molecular weight is 280 g/mol. The first-order valence-corrected chi connectivity index (χ1v) is 7.42. The molecule has 3 nitrogen and oxygen atoms in total. The van der Waals surface area contributed by atoms with E-state index in [2.05, 4.69) is 17.1 Å². The van der Waals surface area contributed by atoms with Crippen molar-refractivity contribution in [2.75, 3.05) is 33.3 Å². The summed E-state index contributed by atoms with van der Waals surface area (Å²) in [7, 11) is 1.91. The number of halogens is 1. The summed E-state index contributed by atoms with van der Waals surface area (Å²) in [6.07, 6.45) is 1.22. The van der Waals surface area contributed by atoms with Crippen molar-refractivity contribution >= 4 is 0 Å². The van der Waals surface area contributed by atoms with Gasteiger partial charge in [0.05, 0.1) is 18.8 Å². The van der Waals surface area contributed by atoms with Crippen molar-refractivity contribution < 1.29 is 9.13 Å². The van der Waals surface area contributed by atoms with Gasteiger partial charge in [0.2, 0.25) is 0 Å². The van der Waals surface area contributed by atoms with Crippen LogP contribution in [0.4, 0.5) is 4.39 Å². The second kappa shape index (κ2) is 7.16. The van der Waals surface area contributed by atoms with E-state index >= 15 is 0 Å². The second-order valence-corrected chi connectivity index (χ2v) is 5.54. The van der Waals surface area contributed by atoms with Gasteiger partial charge in [-0.25, -0.2) is 4.39 Å². The minimum atomic E-state index is -0.179. The first kappa shape index (κ1) is 15.4. The average Bonchev–Trinajstić information content (AvgIpc) is 2.39. The van der Waals surface area contributed by atoms with Crippen molar-refractivity contribution in [3.05, 3.63) is 35.1 Å². The zero-order valence-electron chi connectivity index (χ0n) is 12.7. The lowest BCUT2D eigenvalue weighted by Gasteiger charge is -2.37. The van der Waals surface area contributed by atoms with E-state index in [9.17, 15) is 4.39 Å². The zero-order chi connectivity index (χ0) is 14.5. The van der Waals surface area contributed by atoms with E-state index < -0.39 is 0 Å². The van der Waals surface area contributed by atoms with Crippen LogP contribution in [0.15, 0.2) is 18.2 Å². The van der Waals surface area contributed by atoms with Crippen molar-refractivity contribution in [3.63, 3.8) is 0 Å². The number of nitrogens with one attached hydrogen (secondary N) is 1. The third kappa shape index (κ3) is 3.78. The molecule has 0 aliphatic carbocycles. The van der Waals surface area contributed by atoms with Crippen molar-refractivity contribution in [2.45, 2.75) is 32.4 Å². The molecule has 1 aromatic rings. The number of hydrogen-bond acceptors (Lipinski definition) is 3. The van der Waals surface area contributed by atoms with Crippen LogP contribution in [-0.2, 0) is 4.74 Å². The molecule has 0 aromatic heterocycles. The molecule has 0 saturated carbocycles. The van der Waals surface area contributed by atoms with Crippen LogP contribution in [0.25, 0.3) is 0 Å². The predicted molar refractivity (Wildman–Crippen MR) is 79.4 cm³/mol. The molecule has 1 N–H and O–H groups in total. The largest absolute Gasteiger partial charge is 0.374 e. The van der Waals surface area contributed by atoms with Crippen LogP contribution in [0, 0.1) is 12.7 Å². The highest BCUT2D eigenvalue weighted by Gasteiger charge is 2.28. The molecule has 1 aliphatic rings. The van der Waals surface area contributed by atoms with Gasteiger partial charge in [-0.05, 0) is 50.2 Å². The second-order valence-electron chi connectivity index (χ2n) is 5.54. The maximum absolute atomic E-state index is 13.6. The van der Waals surface area contributed by atoms with Gasteiger partial charge in [0.1, 0.15) is 5.82 Å². The molecule has 1 aromatic carbocycles. The van der Waals surface area contributed by atoms with Crippen molar-refractivity contribution in [1.29, 1.82) is 0 Å². The van der Waals surface area contributed by atoms with E-state index in [0.29, 0.717) is 0 Å². The van der Waals surface area contributed by atoms with Crippen LogP contribution in [0.2, 0.25) is 0 Å². The molecular weight excluding hydrogens is 255 g/mol. The fourth-order valence-electron chi connectivity index (χ4n) is 2.96. The summed E-state index contributed by atoms with van der Waals surface area (Å²) in [6, 6.07) is 5.23. The van der Waals surface area contributed by atoms with Gasteiger partial charge in [-0.1, -0.05) is 13.0 Å². The van der Waals surface area contributed by atoms with Crippen LogP contribution >= 0.6 is 0 Å². The van der Waals surface area contributed by atoms with Crippen molar-refractivity contribution in [2.24, 2.45) is 0 Å². The van der Waals surface area contributed by atoms with Crippen LogP contribution in [0.1, 0.15) is 30.5 Å². The lowest BCUT2D eigenvalue weighted by atomic mass is 9.98. The third-order valence-corrected chi connectivity index (χ3v) is 3.82. The van der Waals surface area contributed by atoms with E-state index in [1.54, 1.807) is 12.1 Å². The normalized spacial score (nSPS) is 21.9. The van der Waals surface area contributed by atoms with Crippen molar-refractivity contribution in [1.82, 2.24) is 10.2 Å². The number of hydrogen-bond donors (Lipinski definition) is 1. The summed E-state index contributed by atoms with van der Waals surface area (Å²) in [5.41, 5.74) is 1.91. The van der Waals surface area contributed by atoms with E-state index in [-0.39, 0.29) is 18.0 Å². The summed E-state index contributed by atoms with van der Waals surface area (Å²) in [4.78, 5) is 2.42. The Morgan fingerprint density at radius 3 is 2.90 bits per heavy atom. The number of rotatable bonds is 5. The smallest absolute Gasteiger partial charge is 0.123 e. The Balaban J connectivity index is 2.14. The third-order valence-electron chi connectivity index (χ3n) is 3.82. The molecule has 1 aliphatic heterocycles. The van der Waals surface area contributed by atoms with E-state index in [0.717, 1.165) is 43.8 Å². The van der Waals surface area contributed by atoms with Gasteiger partial charge >= 0.3 is 0 Å². The molecule has 1 heterocycles. The van der Waals surface area contributed by atoms with Crippen LogP contribution in [0.5, 0.6) is 0 Å². The Labute approximate surface area is 121 Å². The van der Waals surface area contributed by atoms with Gasteiger partial charge in [-0.3, -0.25) is 4.90 Å². The Morgan fingerprint density at radius 2 is 2.25 bits per heavy atom. The van der Waals surface area contributed by atoms with E-state index in [1.807, 2.05) is 20.0 Å². The molecule has 0 bridgehead atoms. The molecule has 0 amide bonds. The van der Waals surface area contributed by atoms with E-state index in [4.69, 9.17) is 4.74 Å². The zero-order valence-corrected chi connectivity index (χ0v) is 12.7. The summed E-state index contributed by atoms with van der Waals surface area (Å²) >= 11 is 0. The lowest BCUT2D eigenvalue weighted by Crippen LogP contribution is -2.47. The molecule has 2 unspecified atom stereocenters. The van der Waals surface area contributed by atoms with Crippen LogP contribution in [-0.4, -0.2) is 44.3 Å². The maximum Gasteiger partial charge on any atom is 0.123 e. The molecule has 0 spiro atoms. The lowest BCUT2D eigenvalue weighted by molar-refractivity contribution is -0.0459. The SMILES string of the molecule is CCCN1CCOC(C(NC)c2cc(C)cc(F)c2)C1. The van der Waals surface area contributed by atoms with Gasteiger partial charge in [-0.2, -0.15) is 0 Å². The minimum absolute atomic E-state index is 0.0315. The van der Waals surface area contributed by atoms with Gasteiger partial charge in [0.15, 0.2) is 0 Å². The monoisotopic (exact) mass is 280 g/mol. The fraction of sp³-hybridized carbons (Fsp3) is 0.625. The number of benzene rings is 1. The standard InChI is InChI=1S/C16H25FN2O/c1-4-5-19-6-7-20-15(11-19)16(18-3)13-8-12(2)9-14(17)10-13/h8-10,15-16,18H,4-7,11H2,1-3H3. The minimum Gasteiger partial charge on any atom is -0.374 e. The Bertz CT molecular complexity index is 416. The van der Waals surface area contributed by atoms with E-state index in [1.165, 1.54) is 0 Å². The Morgan fingerprint density at radius 1 is 1.45 bits per heavy atom. The molecular formula is C16H25FN2O. The maximum atomic E-state index is 13.6. The molecule has 112 valence electrons. The first-order valence-electron chi connectivity index (χ1n) is 7.42. The molecule has 0 radical (unpaired) electrons. The molecule has 4 heteroatoms. The van der Waals surface area contributed by atoms with Crippen LogP contribution in [0.3, 0.4) is 0 Å². The number of morpholine rings is 1. The van der Waals surface area contributed by atoms with Crippen LogP contribution < -0.4 is 5.32 Å². The van der Waals surface area contributed by atoms with Gasteiger partial charge < -0.3 is 10.1 Å². The Kier molecular flexibility index (Phi) is 5.52. The topological polar surface area (TPSA) is 24.5 Å². The summed E-state index contributed by atoms with van der Waals surface area (Å²) in [6.45, 7) is 7.84. The molecule has 20 heavy (non-hydrogen) atoms. The number of likely N-dealkylation sites (N-methyl/N-ethyl adjacent to an activating group) is 1. The van der Waals surface area contributed by atoms with Gasteiger partial charge in [-0.15, -0.1) is 0 Å². The summed E-state index contributed by atoms with van der Waals surface area (Å²) < 4.78 is 19.5. The Hall–Kier alpha value is -0.970. The highest BCUT2D eigenvalue weighted by molar-refractivity contribution is 5.27. The molecule has 2 atom stereocenters. The number of aryl methyl sites for hydroxylation is 1. The molecule has 1 fully saturated rings. The predicted octanol–water partition coefficient (Wildman–Crippen LogP) is 2.51. The highest BCUT2D eigenvalue weighted by Crippen LogP contribution is 2.24. The molecule has 2 rings (SSSR count). The van der Waals surface area contributed by atoms with Crippen molar-refractivity contribution in [3.8, 4) is 0 Å². The van der Waals surface area contributed by atoms with Gasteiger partial charge in [0, 0.05) is 13.1 Å². The number of nitrogens with zero attached hydrogens (tertiary/aromatic N) is 1. The number of ether oxygens (including phenoxy) is 1. The first-order chi connectivity index (χ1) is 9.63. The fourth-order valence-corrected chi connectivity index (χ4v) is 2.96. The van der Waals surface area contributed by atoms with Gasteiger partial charge in [0.25, 0.3) is 0 Å². The summed E-state index contributed by atoms with van der Waals surface area (Å²) in [5, 5.41) is 3.29. The summed E-state index contributed by atoms with van der Waals surface area (Å²) in [5.74, 6) is -0.179. The molecule has 1 saturated heterocycles. The quantitative estimate of drug-likeness (QED) is 0.897.